The number of carbonyl (C=O) groups is 1. The van der Waals surface area contributed by atoms with Crippen molar-refractivity contribution in [1.29, 1.82) is 0 Å². The lowest BCUT2D eigenvalue weighted by Gasteiger charge is -2.31. The fourth-order valence-electron chi connectivity index (χ4n) is 2.40. The van der Waals surface area contributed by atoms with Crippen molar-refractivity contribution < 1.29 is 14.6 Å². The molecule has 0 aliphatic rings. The molecule has 0 saturated heterocycles. The maximum absolute atomic E-state index is 12.6. The molecule has 5 nitrogen and oxygen atoms in total. The van der Waals surface area contributed by atoms with Crippen molar-refractivity contribution in [3.05, 3.63) is 29.8 Å². The number of rotatable bonds is 8. The molecule has 118 valence electrons. The van der Waals surface area contributed by atoms with Crippen LogP contribution in [0.2, 0.25) is 0 Å². The highest BCUT2D eigenvalue weighted by Gasteiger charge is 2.31. The van der Waals surface area contributed by atoms with E-state index in [1.807, 2.05) is 31.2 Å². The first-order valence-electron chi connectivity index (χ1n) is 7.27. The second-order valence-corrected chi connectivity index (χ2v) is 5.43. The van der Waals surface area contributed by atoms with Crippen LogP contribution in [0.1, 0.15) is 32.3 Å². The molecule has 0 spiro atoms. The minimum absolute atomic E-state index is 0.0942. The Morgan fingerprint density at radius 2 is 2.10 bits per heavy atom. The summed E-state index contributed by atoms with van der Waals surface area (Å²) in [7, 11) is 1.60. The largest absolute Gasteiger partial charge is 0.496 e. The number of carbonyl (C=O) groups excluding carboxylic acids is 1. The zero-order chi connectivity index (χ0) is 15.9. The van der Waals surface area contributed by atoms with E-state index in [-0.39, 0.29) is 19.1 Å². The predicted molar refractivity (Wildman–Crippen MR) is 83.0 cm³/mol. The van der Waals surface area contributed by atoms with Crippen molar-refractivity contribution in [2.75, 3.05) is 20.3 Å². The van der Waals surface area contributed by atoms with E-state index in [9.17, 15) is 9.90 Å². The van der Waals surface area contributed by atoms with Gasteiger partial charge in [-0.1, -0.05) is 31.5 Å². The topological polar surface area (TPSA) is 75.8 Å². The van der Waals surface area contributed by atoms with Crippen LogP contribution in [-0.2, 0) is 11.3 Å². The summed E-state index contributed by atoms with van der Waals surface area (Å²) in [5.41, 5.74) is 6.11. The van der Waals surface area contributed by atoms with Gasteiger partial charge in [0, 0.05) is 18.7 Å². The fraction of sp³-hybridized carbons (Fsp3) is 0.562. The molecule has 0 aromatic heterocycles. The first-order chi connectivity index (χ1) is 9.96. The molecular weight excluding hydrogens is 268 g/mol. The maximum atomic E-state index is 12.6. The highest BCUT2D eigenvalue weighted by Crippen LogP contribution is 2.21. The van der Waals surface area contributed by atoms with E-state index in [1.54, 1.807) is 18.9 Å². The molecular formula is C16H26N2O3. The molecule has 3 N–H and O–H groups in total. The maximum Gasteiger partial charge on any atom is 0.242 e. The van der Waals surface area contributed by atoms with Crippen LogP contribution in [-0.4, -0.2) is 41.7 Å². The zero-order valence-corrected chi connectivity index (χ0v) is 13.1. The lowest BCUT2D eigenvalue weighted by atomic mass is 9.95. The second kappa shape index (κ2) is 8.00. The molecule has 0 fully saturated rings. The van der Waals surface area contributed by atoms with Crippen LogP contribution < -0.4 is 10.5 Å². The predicted octanol–water partition coefficient (Wildman–Crippen LogP) is 1.53. The highest BCUT2D eigenvalue weighted by molar-refractivity contribution is 5.85. The Bertz CT molecular complexity index is 461. The van der Waals surface area contributed by atoms with E-state index < -0.39 is 5.54 Å². The van der Waals surface area contributed by atoms with Crippen LogP contribution in [0.3, 0.4) is 0 Å². The Morgan fingerprint density at radius 1 is 1.43 bits per heavy atom. The van der Waals surface area contributed by atoms with Crippen LogP contribution in [0.5, 0.6) is 5.75 Å². The number of hydrogen-bond donors (Lipinski definition) is 2. The van der Waals surface area contributed by atoms with E-state index in [1.165, 1.54) is 0 Å². The average molecular weight is 294 g/mol. The molecule has 1 unspecified atom stereocenters. The summed E-state index contributed by atoms with van der Waals surface area (Å²) in [6.07, 6.45) is 1.44. The molecule has 0 aliphatic heterocycles. The monoisotopic (exact) mass is 294 g/mol. The number of nitrogens with zero attached hydrogens (tertiary/aromatic N) is 1. The van der Waals surface area contributed by atoms with E-state index in [0.717, 1.165) is 17.7 Å². The van der Waals surface area contributed by atoms with E-state index >= 15 is 0 Å². The zero-order valence-electron chi connectivity index (χ0n) is 13.1. The lowest BCUT2D eigenvalue weighted by molar-refractivity contribution is -0.137. The van der Waals surface area contributed by atoms with Crippen molar-refractivity contribution in [3.63, 3.8) is 0 Å². The normalized spacial score (nSPS) is 13.6. The van der Waals surface area contributed by atoms with Crippen molar-refractivity contribution in [2.24, 2.45) is 5.73 Å². The number of aliphatic hydroxyl groups excluding tert-OH is 1. The lowest BCUT2D eigenvalue weighted by Crippen LogP contribution is -2.53. The van der Waals surface area contributed by atoms with Gasteiger partial charge in [0.15, 0.2) is 0 Å². The number of hydrogen-bond acceptors (Lipinski definition) is 4. The first kappa shape index (κ1) is 17.5. The van der Waals surface area contributed by atoms with Gasteiger partial charge in [-0.3, -0.25) is 4.79 Å². The summed E-state index contributed by atoms with van der Waals surface area (Å²) >= 11 is 0. The first-order valence-corrected chi connectivity index (χ1v) is 7.27. The number of methoxy groups -OCH3 is 1. The molecule has 0 heterocycles. The summed E-state index contributed by atoms with van der Waals surface area (Å²) in [5.74, 6) is 0.576. The quantitative estimate of drug-likeness (QED) is 0.762. The number of aliphatic hydroxyl groups is 1. The number of ether oxygens (including phenoxy) is 1. The Balaban J connectivity index is 2.94. The Morgan fingerprint density at radius 3 is 2.67 bits per heavy atom. The van der Waals surface area contributed by atoms with Crippen LogP contribution in [0, 0.1) is 0 Å². The third-order valence-electron chi connectivity index (χ3n) is 3.47. The number of benzene rings is 1. The molecule has 0 aliphatic carbocycles. The fourth-order valence-corrected chi connectivity index (χ4v) is 2.40. The van der Waals surface area contributed by atoms with Gasteiger partial charge in [-0.15, -0.1) is 0 Å². The van der Waals surface area contributed by atoms with Gasteiger partial charge < -0.3 is 20.5 Å². The summed E-state index contributed by atoms with van der Waals surface area (Å²) in [6, 6.07) is 7.53. The molecule has 1 aromatic carbocycles. The third-order valence-corrected chi connectivity index (χ3v) is 3.47. The van der Waals surface area contributed by atoms with Crippen LogP contribution in [0.15, 0.2) is 24.3 Å². The molecule has 1 rings (SSSR count). The molecule has 1 atom stereocenters. The summed E-state index contributed by atoms with van der Waals surface area (Å²) in [4.78, 5) is 14.2. The van der Waals surface area contributed by atoms with Gasteiger partial charge >= 0.3 is 0 Å². The Labute approximate surface area is 126 Å². The Kier molecular flexibility index (Phi) is 6.65. The van der Waals surface area contributed by atoms with Crippen molar-refractivity contribution in [2.45, 2.75) is 38.8 Å². The minimum Gasteiger partial charge on any atom is -0.496 e. The van der Waals surface area contributed by atoms with Gasteiger partial charge in [-0.2, -0.15) is 0 Å². The molecule has 0 saturated carbocycles. The third kappa shape index (κ3) is 4.72. The molecule has 1 amide bonds. The smallest absolute Gasteiger partial charge is 0.242 e. The molecule has 1 aromatic rings. The standard InChI is InChI=1S/C16H26N2O3/c1-4-9-16(2,17)15(20)18(10-11-19)12-13-7-5-6-8-14(13)21-3/h5-8,19H,4,9-12,17H2,1-3H3. The van der Waals surface area contributed by atoms with E-state index in [4.69, 9.17) is 10.5 Å². The van der Waals surface area contributed by atoms with Gasteiger partial charge in [0.2, 0.25) is 5.91 Å². The van der Waals surface area contributed by atoms with Gasteiger partial charge in [0.25, 0.3) is 0 Å². The summed E-state index contributed by atoms with van der Waals surface area (Å²) in [6.45, 7) is 4.27. The highest BCUT2D eigenvalue weighted by atomic mass is 16.5. The SMILES string of the molecule is CCCC(C)(N)C(=O)N(CCO)Cc1ccccc1OC. The number of nitrogens with two attached hydrogens (primary N) is 1. The average Bonchev–Trinajstić information content (AvgIpc) is 2.46. The van der Waals surface area contributed by atoms with Crippen molar-refractivity contribution in [1.82, 2.24) is 4.90 Å². The van der Waals surface area contributed by atoms with Gasteiger partial charge in [-0.05, 0) is 19.4 Å². The van der Waals surface area contributed by atoms with Crippen LogP contribution in [0.25, 0.3) is 0 Å². The van der Waals surface area contributed by atoms with E-state index in [0.29, 0.717) is 13.0 Å². The van der Waals surface area contributed by atoms with Crippen molar-refractivity contribution >= 4 is 5.91 Å². The molecule has 0 radical (unpaired) electrons. The van der Waals surface area contributed by atoms with Crippen molar-refractivity contribution in [3.8, 4) is 5.75 Å². The molecule has 21 heavy (non-hydrogen) atoms. The molecule has 0 bridgehead atoms. The second-order valence-electron chi connectivity index (χ2n) is 5.43. The van der Waals surface area contributed by atoms with Gasteiger partial charge in [0.05, 0.1) is 19.3 Å². The summed E-state index contributed by atoms with van der Waals surface area (Å²) < 4.78 is 5.31. The van der Waals surface area contributed by atoms with Gasteiger partial charge in [0.1, 0.15) is 5.75 Å². The van der Waals surface area contributed by atoms with Crippen LogP contribution >= 0.6 is 0 Å². The number of para-hydroxylation sites is 1. The molecule has 5 heteroatoms. The Hall–Kier alpha value is -1.59. The van der Waals surface area contributed by atoms with Crippen LogP contribution in [0.4, 0.5) is 0 Å². The van der Waals surface area contributed by atoms with Gasteiger partial charge in [-0.25, -0.2) is 0 Å². The summed E-state index contributed by atoms with van der Waals surface area (Å²) in [5, 5.41) is 9.22. The number of amides is 1. The minimum atomic E-state index is -0.911. The van der Waals surface area contributed by atoms with E-state index in [2.05, 4.69) is 0 Å².